The fourth-order valence-corrected chi connectivity index (χ4v) is 1.24. The van der Waals surface area contributed by atoms with Crippen molar-refractivity contribution in [3.8, 4) is 6.07 Å². The van der Waals surface area contributed by atoms with Gasteiger partial charge in [-0.1, -0.05) is 0 Å². The highest BCUT2D eigenvalue weighted by Gasteiger charge is 2.17. The molecule has 2 N–H and O–H groups in total. The van der Waals surface area contributed by atoms with Crippen molar-refractivity contribution in [1.82, 2.24) is 4.98 Å². The molecule has 2 heterocycles. The summed E-state index contributed by atoms with van der Waals surface area (Å²) in [5.41, 5.74) is 1.99. The zero-order valence-electron chi connectivity index (χ0n) is 6.41. The van der Waals surface area contributed by atoms with Gasteiger partial charge in [0.1, 0.15) is 6.17 Å². The molecule has 4 nitrogen and oxygen atoms in total. The highest BCUT2D eigenvalue weighted by Crippen LogP contribution is 2.27. The molecule has 1 aromatic rings. The summed E-state index contributed by atoms with van der Waals surface area (Å²) in [6, 6.07) is 3.99. The van der Waals surface area contributed by atoms with E-state index in [-0.39, 0.29) is 6.17 Å². The summed E-state index contributed by atoms with van der Waals surface area (Å²) in [4.78, 5) is 3.97. The van der Waals surface area contributed by atoms with E-state index >= 15 is 0 Å². The number of aromatic nitrogens is 1. The highest BCUT2D eigenvalue weighted by molar-refractivity contribution is 5.73. The molecular weight excluding hydrogens is 152 g/mol. The first-order chi connectivity index (χ1) is 5.90. The van der Waals surface area contributed by atoms with E-state index < -0.39 is 0 Å². The Labute approximate surface area is 70.2 Å². The predicted molar refractivity (Wildman–Crippen MR) is 45.5 cm³/mol. The van der Waals surface area contributed by atoms with Gasteiger partial charge >= 0.3 is 0 Å². The molecule has 0 spiro atoms. The second kappa shape index (κ2) is 2.70. The molecule has 1 aliphatic rings. The lowest BCUT2D eigenvalue weighted by molar-refractivity contribution is 0.866. The summed E-state index contributed by atoms with van der Waals surface area (Å²) in [6.07, 6.45) is 3.96. The van der Waals surface area contributed by atoms with Crippen LogP contribution >= 0.6 is 0 Å². The van der Waals surface area contributed by atoms with Crippen molar-refractivity contribution in [2.45, 2.75) is 12.6 Å². The summed E-state index contributed by atoms with van der Waals surface area (Å²) in [5, 5.41) is 14.8. The summed E-state index contributed by atoms with van der Waals surface area (Å²) >= 11 is 0. The number of hydrogen-bond acceptors (Lipinski definition) is 4. The maximum absolute atomic E-state index is 8.46. The third-order valence-electron chi connectivity index (χ3n) is 1.78. The number of pyridine rings is 1. The van der Waals surface area contributed by atoms with Gasteiger partial charge < -0.3 is 10.6 Å². The second-order valence-corrected chi connectivity index (χ2v) is 2.62. The minimum absolute atomic E-state index is 0.0363. The van der Waals surface area contributed by atoms with Crippen LogP contribution in [-0.2, 0) is 0 Å². The molecule has 1 unspecified atom stereocenters. The fourth-order valence-electron chi connectivity index (χ4n) is 1.24. The minimum Gasteiger partial charge on any atom is -0.363 e. The molecule has 1 aliphatic heterocycles. The Hall–Kier alpha value is -1.76. The molecule has 0 saturated heterocycles. The number of fused-ring (bicyclic) bond motifs is 1. The van der Waals surface area contributed by atoms with Crippen LogP contribution in [0.4, 0.5) is 11.4 Å². The molecule has 0 amide bonds. The summed E-state index contributed by atoms with van der Waals surface area (Å²) < 4.78 is 0. The van der Waals surface area contributed by atoms with E-state index in [1.54, 1.807) is 12.4 Å². The first kappa shape index (κ1) is 6.92. The molecule has 0 bridgehead atoms. The van der Waals surface area contributed by atoms with Crippen LogP contribution in [0.25, 0.3) is 0 Å². The number of nitriles is 1. The quantitative estimate of drug-likeness (QED) is 0.647. The van der Waals surface area contributed by atoms with E-state index in [2.05, 4.69) is 21.7 Å². The van der Waals surface area contributed by atoms with Crippen LogP contribution in [0.5, 0.6) is 0 Å². The Morgan fingerprint density at radius 3 is 3.08 bits per heavy atom. The van der Waals surface area contributed by atoms with E-state index in [1.807, 2.05) is 6.07 Å². The molecule has 0 aliphatic carbocycles. The van der Waals surface area contributed by atoms with Crippen LogP contribution in [0.2, 0.25) is 0 Å². The van der Waals surface area contributed by atoms with Gasteiger partial charge in [0.15, 0.2) is 0 Å². The van der Waals surface area contributed by atoms with Crippen LogP contribution in [0, 0.1) is 11.3 Å². The van der Waals surface area contributed by atoms with Crippen LogP contribution in [0.15, 0.2) is 18.5 Å². The van der Waals surface area contributed by atoms with Crippen molar-refractivity contribution < 1.29 is 0 Å². The van der Waals surface area contributed by atoms with E-state index in [0.29, 0.717) is 6.42 Å². The van der Waals surface area contributed by atoms with Crippen LogP contribution in [0.3, 0.4) is 0 Å². The summed E-state index contributed by atoms with van der Waals surface area (Å²) in [7, 11) is 0. The number of rotatable bonds is 1. The molecule has 4 heteroatoms. The van der Waals surface area contributed by atoms with Gasteiger partial charge in [0.2, 0.25) is 0 Å². The summed E-state index contributed by atoms with van der Waals surface area (Å²) in [5.74, 6) is 0. The number of anilines is 2. The topological polar surface area (TPSA) is 60.7 Å². The molecule has 0 aromatic carbocycles. The lowest BCUT2D eigenvalue weighted by Crippen LogP contribution is -2.20. The standard InChI is InChI=1S/C8H8N4/c9-3-1-8-11-6-2-4-10-5-7(6)12-8/h2,4-5,8,11-12H,1H2. The van der Waals surface area contributed by atoms with Crippen molar-refractivity contribution in [3.63, 3.8) is 0 Å². The zero-order valence-corrected chi connectivity index (χ0v) is 6.41. The average Bonchev–Trinajstić information content (AvgIpc) is 2.47. The largest absolute Gasteiger partial charge is 0.363 e. The van der Waals surface area contributed by atoms with Gasteiger partial charge in [0.25, 0.3) is 0 Å². The highest BCUT2D eigenvalue weighted by atomic mass is 15.2. The Bertz CT molecular complexity index is 303. The molecule has 2 rings (SSSR count). The van der Waals surface area contributed by atoms with Gasteiger partial charge in [-0.25, -0.2) is 0 Å². The van der Waals surface area contributed by atoms with E-state index in [1.165, 1.54) is 0 Å². The van der Waals surface area contributed by atoms with Gasteiger partial charge in [-0.2, -0.15) is 5.26 Å². The van der Waals surface area contributed by atoms with Crippen molar-refractivity contribution in [1.29, 1.82) is 5.26 Å². The molecule has 12 heavy (non-hydrogen) atoms. The number of nitrogens with one attached hydrogen (secondary N) is 2. The van der Waals surface area contributed by atoms with Gasteiger partial charge in [0, 0.05) is 6.20 Å². The number of nitrogens with zero attached hydrogens (tertiary/aromatic N) is 2. The van der Waals surface area contributed by atoms with Gasteiger partial charge in [0.05, 0.1) is 30.1 Å². The van der Waals surface area contributed by atoms with E-state index in [9.17, 15) is 0 Å². The maximum Gasteiger partial charge on any atom is 0.110 e. The smallest absolute Gasteiger partial charge is 0.110 e. The Kier molecular flexibility index (Phi) is 1.56. The predicted octanol–water partition coefficient (Wildman–Crippen LogP) is 1.16. The lowest BCUT2D eigenvalue weighted by Gasteiger charge is -2.05. The van der Waals surface area contributed by atoms with E-state index in [0.717, 1.165) is 11.4 Å². The Morgan fingerprint density at radius 1 is 1.50 bits per heavy atom. The van der Waals surface area contributed by atoms with E-state index in [4.69, 9.17) is 5.26 Å². The lowest BCUT2D eigenvalue weighted by atomic mass is 10.4. The fraction of sp³-hybridized carbons (Fsp3) is 0.250. The van der Waals surface area contributed by atoms with Gasteiger partial charge in [-0.3, -0.25) is 4.98 Å². The molecule has 0 saturated carbocycles. The monoisotopic (exact) mass is 160 g/mol. The summed E-state index contributed by atoms with van der Waals surface area (Å²) in [6.45, 7) is 0. The molecule has 1 atom stereocenters. The first-order valence-corrected chi connectivity index (χ1v) is 3.74. The normalized spacial score (nSPS) is 18.8. The van der Waals surface area contributed by atoms with Gasteiger partial charge in [-0.15, -0.1) is 0 Å². The van der Waals surface area contributed by atoms with Crippen LogP contribution in [0.1, 0.15) is 6.42 Å². The third-order valence-corrected chi connectivity index (χ3v) is 1.78. The Balaban J connectivity index is 2.18. The molecular formula is C8H8N4. The van der Waals surface area contributed by atoms with Crippen molar-refractivity contribution in [2.24, 2.45) is 0 Å². The zero-order chi connectivity index (χ0) is 8.39. The van der Waals surface area contributed by atoms with Gasteiger partial charge in [-0.05, 0) is 6.07 Å². The molecule has 0 radical (unpaired) electrons. The van der Waals surface area contributed by atoms with Crippen LogP contribution < -0.4 is 10.6 Å². The first-order valence-electron chi connectivity index (χ1n) is 3.74. The van der Waals surface area contributed by atoms with Crippen molar-refractivity contribution in [3.05, 3.63) is 18.5 Å². The number of hydrogen-bond donors (Lipinski definition) is 2. The Morgan fingerprint density at radius 2 is 2.33 bits per heavy atom. The van der Waals surface area contributed by atoms with Crippen LogP contribution in [-0.4, -0.2) is 11.1 Å². The maximum atomic E-state index is 8.46. The van der Waals surface area contributed by atoms with Crippen molar-refractivity contribution >= 4 is 11.4 Å². The molecule has 0 fully saturated rings. The average molecular weight is 160 g/mol. The van der Waals surface area contributed by atoms with Crippen molar-refractivity contribution in [2.75, 3.05) is 10.6 Å². The second-order valence-electron chi connectivity index (χ2n) is 2.62. The third kappa shape index (κ3) is 1.05. The molecule has 1 aromatic heterocycles. The minimum atomic E-state index is 0.0363. The molecule has 60 valence electrons. The SMILES string of the molecule is N#CCC1Nc2ccncc2N1.